The lowest BCUT2D eigenvalue weighted by Gasteiger charge is -2.07. The molecule has 1 aliphatic heterocycles. The molecule has 8 nitrogen and oxygen atoms in total. The van der Waals surface area contributed by atoms with E-state index >= 15 is 0 Å². The lowest BCUT2D eigenvalue weighted by Crippen LogP contribution is -2.06. The van der Waals surface area contributed by atoms with Crippen LogP contribution in [0.3, 0.4) is 0 Å². The van der Waals surface area contributed by atoms with Gasteiger partial charge in [-0.2, -0.15) is 0 Å². The van der Waals surface area contributed by atoms with E-state index in [1.807, 2.05) is 0 Å². The number of aryl methyl sites for hydroxylation is 1. The Morgan fingerprint density at radius 2 is 1.85 bits per heavy atom. The van der Waals surface area contributed by atoms with Crippen LogP contribution in [0.2, 0.25) is 0 Å². The Bertz CT molecular complexity index is 994. The van der Waals surface area contributed by atoms with Crippen LogP contribution >= 0.6 is 0 Å². The van der Waals surface area contributed by atoms with Gasteiger partial charge in [-0.1, -0.05) is 12.1 Å². The fourth-order valence-corrected chi connectivity index (χ4v) is 2.57. The Morgan fingerprint density at radius 3 is 2.52 bits per heavy atom. The van der Waals surface area contributed by atoms with Crippen LogP contribution in [0.25, 0.3) is 6.08 Å². The molecule has 138 valence electrons. The van der Waals surface area contributed by atoms with Crippen LogP contribution in [-0.2, 0) is 9.53 Å². The van der Waals surface area contributed by atoms with Gasteiger partial charge in [-0.15, -0.1) is 0 Å². The third-order valence-electron chi connectivity index (χ3n) is 3.98. The molecule has 0 N–H and O–H groups in total. The number of ether oxygens (including phenoxy) is 3. The third-order valence-corrected chi connectivity index (χ3v) is 3.98. The number of nitro benzene ring substituents is 1. The van der Waals surface area contributed by atoms with Crippen molar-refractivity contribution in [3.05, 3.63) is 68.9 Å². The summed E-state index contributed by atoms with van der Waals surface area (Å²) < 4.78 is 15.6. The number of hydrogen-bond donors (Lipinski definition) is 0. The Morgan fingerprint density at radius 1 is 1.11 bits per heavy atom. The van der Waals surface area contributed by atoms with Crippen LogP contribution in [0.15, 0.2) is 47.1 Å². The molecular weight excluding hydrogens is 352 g/mol. The number of cyclic esters (lactones) is 1. The summed E-state index contributed by atoms with van der Waals surface area (Å²) in [5.41, 5.74) is 1.55. The highest BCUT2D eigenvalue weighted by atomic mass is 16.6. The molecule has 0 spiro atoms. The molecule has 2 aromatic rings. The maximum Gasteiger partial charge on any atom is 0.363 e. The zero-order chi connectivity index (χ0) is 19.6. The van der Waals surface area contributed by atoms with E-state index in [2.05, 4.69) is 4.99 Å². The van der Waals surface area contributed by atoms with E-state index in [4.69, 9.17) is 14.2 Å². The van der Waals surface area contributed by atoms with Crippen molar-refractivity contribution in [2.45, 2.75) is 6.92 Å². The van der Waals surface area contributed by atoms with Gasteiger partial charge in [0.1, 0.15) is 0 Å². The number of carbonyl (C=O) groups is 1. The van der Waals surface area contributed by atoms with Gasteiger partial charge >= 0.3 is 5.97 Å². The largest absolute Gasteiger partial charge is 0.493 e. The first-order valence-corrected chi connectivity index (χ1v) is 7.93. The molecule has 0 saturated heterocycles. The second-order valence-electron chi connectivity index (χ2n) is 5.71. The first-order chi connectivity index (χ1) is 12.9. The number of rotatable bonds is 5. The van der Waals surface area contributed by atoms with Crippen molar-refractivity contribution in [3.8, 4) is 11.5 Å². The van der Waals surface area contributed by atoms with E-state index < -0.39 is 10.9 Å². The fraction of sp³-hybridized carbons (Fsp3) is 0.158. The van der Waals surface area contributed by atoms with Gasteiger partial charge in [0, 0.05) is 17.2 Å². The molecule has 0 bridgehead atoms. The molecule has 1 aliphatic rings. The molecule has 8 heteroatoms. The summed E-state index contributed by atoms with van der Waals surface area (Å²) in [6.45, 7) is 1.63. The molecule has 3 rings (SSSR count). The van der Waals surface area contributed by atoms with Crippen LogP contribution in [0.4, 0.5) is 5.69 Å². The summed E-state index contributed by atoms with van der Waals surface area (Å²) in [6.07, 6.45) is 1.54. The van der Waals surface area contributed by atoms with Crippen molar-refractivity contribution in [2.75, 3.05) is 14.2 Å². The average molecular weight is 368 g/mol. The number of hydrogen-bond acceptors (Lipinski definition) is 7. The van der Waals surface area contributed by atoms with Crippen molar-refractivity contribution < 1.29 is 23.9 Å². The minimum Gasteiger partial charge on any atom is -0.493 e. The number of methoxy groups -OCH3 is 2. The quantitative estimate of drug-likeness (QED) is 0.347. The third kappa shape index (κ3) is 3.64. The second kappa shape index (κ2) is 7.28. The van der Waals surface area contributed by atoms with Crippen LogP contribution in [0.5, 0.6) is 11.5 Å². The molecular formula is C19H16N2O6. The zero-order valence-electron chi connectivity index (χ0n) is 14.9. The molecule has 27 heavy (non-hydrogen) atoms. The summed E-state index contributed by atoms with van der Waals surface area (Å²) in [7, 11) is 3.04. The SMILES string of the molecule is COc1ccc(/C=C2\N=C(c3ccc(C)c([N+](=O)[O-])c3)OC2=O)cc1OC. The van der Waals surface area contributed by atoms with Gasteiger partial charge in [0.05, 0.1) is 19.1 Å². The molecule has 0 unspecified atom stereocenters. The maximum atomic E-state index is 12.1. The van der Waals surface area contributed by atoms with Gasteiger partial charge in [0.2, 0.25) is 5.90 Å². The average Bonchev–Trinajstić information content (AvgIpc) is 3.02. The van der Waals surface area contributed by atoms with E-state index in [1.54, 1.807) is 43.3 Å². The van der Waals surface area contributed by atoms with Crippen molar-refractivity contribution in [1.29, 1.82) is 0 Å². The smallest absolute Gasteiger partial charge is 0.363 e. The van der Waals surface area contributed by atoms with E-state index in [-0.39, 0.29) is 17.3 Å². The standard InChI is InChI=1S/C19H16N2O6/c1-11-4-6-13(10-15(11)21(23)24)18-20-14(19(22)27-18)8-12-5-7-16(25-2)17(9-12)26-3/h4-10H,1-3H3/b14-8-. The van der Waals surface area contributed by atoms with E-state index in [0.29, 0.717) is 28.2 Å². The fourth-order valence-electron chi connectivity index (χ4n) is 2.57. The van der Waals surface area contributed by atoms with Gasteiger partial charge < -0.3 is 14.2 Å². The number of nitrogens with zero attached hydrogens (tertiary/aromatic N) is 2. The Kier molecular flexibility index (Phi) is 4.89. The predicted molar refractivity (Wildman–Crippen MR) is 98.0 cm³/mol. The molecule has 0 radical (unpaired) electrons. The molecule has 0 fully saturated rings. The van der Waals surface area contributed by atoms with Gasteiger partial charge in [-0.3, -0.25) is 10.1 Å². The van der Waals surface area contributed by atoms with E-state index in [0.717, 1.165) is 0 Å². The van der Waals surface area contributed by atoms with Gasteiger partial charge in [0.25, 0.3) is 5.69 Å². The normalized spacial score (nSPS) is 14.7. The zero-order valence-corrected chi connectivity index (χ0v) is 14.9. The maximum absolute atomic E-state index is 12.1. The number of benzene rings is 2. The highest BCUT2D eigenvalue weighted by Gasteiger charge is 2.26. The predicted octanol–water partition coefficient (Wildman–Crippen LogP) is 3.26. The number of carbonyl (C=O) groups excluding carboxylic acids is 1. The lowest BCUT2D eigenvalue weighted by molar-refractivity contribution is -0.385. The minimum atomic E-state index is -0.636. The van der Waals surface area contributed by atoms with Gasteiger partial charge in [-0.25, -0.2) is 9.79 Å². The summed E-state index contributed by atoms with van der Waals surface area (Å²) in [5, 5.41) is 11.1. The molecule has 0 saturated carbocycles. The highest BCUT2D eigenvalue weighted by Crippen LogP contribution is 2.29. The van der Waals surface area contributed by atoms with Crippen molar-refractivity contribution in [2.24, 2.45) is 4.99 Å². The summed E-state index contributed by atoms with van der Waals surface area (Å²) in [6, 6.07) is 9.68. The summed E-state index contributed by atoms with van der Waals surface area (Å²) in [4.78, 5) is 26.9. The number of aliphatic imine (C=N–C) groups is 1. The molecule has 2 aromatic carbocycles. The van der Waals surface area contributed by atoms with Crippen molar-refractivity contribution in [3.63, 3.8) is 0 Å². The van der Waals surface area contributed by atoms with Crippen molar-refractivity contribution in [1.82, 2.24) is 0 Å². The molecule has 1 heterocycles. The van der Waals surface area contributed by atoms with E-state index in [1.165, 1.54) is 20.3 Å². The number of nitro groups is 1. The summed E-state index contributed by atoms with van der Waals surface area (Å²) in [5.74, 6) is 0.458. The molecule has 0 amide bonds. The minimum absolute atomic E-state index is 0.0230. The molecule has 0 atom stereocenters. The van der Waals surface area contributed by atoms with E-state index in [9.17, 15) is 14.9 Å². The monoisotopic (exact) mass is 368 g/mol. The first-order valence-electron chi connectivity index (χ1n) is 7.93. The summed E-state index contributed by atoms with van der Waals surface area (Å²) >= 11 is 0. The second-order valence-corrected chi connectivity index (χ2v) is 5.71. The van der Waals surface area contributed by atoms with Crippen LogP contribution in [0, 0.1) is 17.0 Å². The lowest BCUT2D eigenvalue weighted by atomic mass is 10.1. The van der Waals surface area contributed by atoms with Crippen molar-refractivity contribution >= 4 is 23.6 Å². The van der Waals surface area contributed by atoms with Crippen LogP contribution in [-0.4, -0.2) is 31.0 Å². The number of esters is 1. The Balaban J connectivity index is 1.96. The van der Waals surface area contributed by atoms with Crippen LogP contribution in [0.1, 0.15) is 16.7 Å². The van der Waals surface area contributed by atoms with Crippen LogP contribution < -0.4 is 9.47 Å². The Hall–Kier alpha value is -3.68. The first kappa shape index (κ1) is 18.1. The highest BCUT2D eigenvalue weighted by molar-refractivity contribution is 6.13. The Labute approximate surface area is 154 Å². The molecule has 0 aliphatic carbocycles. The molecule has 0 aromatic heterocycles. The van der Waals surface area contributed by atoms with Gasteiger partial charge in [0.15, 0.2) is 17.2 Å². The topological polar surface area (TPSA) is 100 Å². The van der Waals surface area contributed by atoms with Gasteiger partial charge in [-0.05, 0) is 36.8 Å².